The summed E-state index contributed by atoms with van der Waals surface area (Å²) in [5.41, 5.74) is 0.672. The second-order valence-electron chi connectivity index (χ2n) is 7.13. The summed E-state index contributed by atoms with van der Waals surface area (Å²) in [6.07, 6.45) is 5.35. The summed E-state index contributed by atoms with van der Waals surface area (Å²) >= 11 is 0. The van der Waals surface area contributed by atoms with E-state index in [0.717, 1.165) is 25.8 Å². The maximum absolute atomic E-state index is 12.1. The molecular formula is C17H23NO4. The van der Waals surface area contributed by atoms with E-state index in [-0.39, 0.29) is 24.3 Å². The van der Waals surface area contributed by atoms with Crippen LogP contribution in [-0.4, -0.2) is 47.7 Å². The molecule has 0 aromatic heterocycles. The van der Waals surface area contributed by atoms with Gasteiger partial charge in [-0.1, -0.05) is 6.92 Å². The average Bonchev–Trinajstić information content (AvgIpc) is 3.05. The third-order valence-corrected chi connectivity index (χ3v) is 5.90. The highest BCUT2D eigenvalue weighted by Gasteiger charge is 2.53. The van der Waals surface area contributed by atoms with E-state index in [0.29, 0.717) is 35.8 Å². The van der Waals surface area contributed by atoms with Crippen molar-refractivity contribution in [2.75, 3.05) is 6.54 Å². The molecule has 0 bridgehead atoms. The number of hydrogen-bond acceptors (Lipinski definition) is 4. The molecule has 0 radical (unpaired) electrons. The Kier molecular flexibility index (Phi) is 3.29. The Morgan fingerprint density at radius 1 is 1.27 bits per heavy atom. The quantitative estimate of drug-likeness (QED) is 0.691. The zero-order valence-corrected chi connectivity index (χ0v) is 13.2. The predicted molar refractivity (Wildman–Crippen MR) is 78.9 cm³/mol. The molecule has 5 heteroatoms. The molecule has 0 aromatic rings. The van der Waals surface area contributed by atoms with Gasteiger partial charge in [0.1, 0.15) is 12.2 Å². The van der Waals surface area contributed by atoms with E-state index in [2.05, 4.69) is 11.8 Å². The third-order valence-electron chi connectivity index (χ3n) is 5.90. The Hall–Kier alpha value is -1.36. The first-order chi connectivity index (χ1) is 10.6. The van der Waals surface area contributed by atoms with Gasteiger partial charge in [-0.2, -0.15) is 0 Å². The zero-order valence-electron chi connectivity index (χ0n) is 13.2. The standard InChI is InChI=1S/C17H23NO4/c1-9-8-13(22-17(9)20)16-10(2)15-11-5-6-14(19)18(11)7-3-4-12(15)21-16/h8,10-13,15-16H,3-7H2,1-2H3/t10-,11-,12+,13+,15+,16-/m0/s1. The van der Waals surface area contributed by atoms with Crippen molar-refractivity contribution in [1.29, 1.82) is 0 Å². The fourth-order valence-corrected chi connectivity index (χ4v) is 4.85. The first-order valence-electron chi connectivity index (χ1n) is 8.40. The third kappa shape index (κ3) is 2.02. The number of amides is 1. The van der Waals surface area contributed by atoms with Gasteiger partial charge in [-0.25, -0.2) is 4.79 Å². The largest absolute Gasteiger partial charge is 0.452 e. The second kappa shape index (κ2) is 5.08. The SMILES string of the molecule is CC1=C[C@H]([C@H]2O[C@@H]3CCCN4C(=O)CC[C@H]4[C@H]3[C@@H]2C)OC1=O. The van der Waals surface area contributed by atoms with Crippen LogP contribution >= 0.6 is 0 Å². The van der Waals surface area contributed by atoms with Crippen LogP contribution in [0.2, 0.25) is 0 Å². The summed E-state index contributed by atoms with van der Waals surface area (Å²) in [4.78, 5) is 25.8. The molecule has 4 aliphatic heterocycles. The summed E-state index contributed by atoms with van der Waals surface area (Å²) < 4.78 is 11.8. The van der Waals surface area contributed by atoms with Gasteiger partial charge in [0.15, 0.2) is 0 Å². The van der Waals surface area contributed by atoms with Crippen LogP contribution in [0.25, 0.3) is 0 Å². The van der Waals surface area contributed by atoms with Gasteiger partial charge in [0, 0.05) is 30.5 Å². The maximum Gasteiger partial charge on any atom is 0.334 e. The smallest absolute Gasteiger partial charge is 0.334 e. The Balaban J connectivity index is 1.58. The molecule has 0 aliphatic carbocycles. The summed E-state index contributed by atoms with van der Waals surface area (Å²) in [6, 6.07) is 0.308. The molecule has 0 unspecified atom stereocenters. The van der Waals surface area contributed by atoms with Crippen LogP contribution in [0.15, 0.2) is 11.6 Å². The highest BCUT2D eigenvalue weighted by atomic mass is 16.6. The van der Waals surface area contributed by atoms with Gasteiger partial charge in [-0.3, -0.25) is 4.79 Å². The van der Waals surface area contributed by atoms with Gasteiger partial charge >= 0.3 is 5.97 Å². The number of rotatable bonds is 1. The molecular weight excluding hydrogens is 282 g/mol. The van der Waals surface area contributed by atoms with Crippen molar-refractivity contribution in [1.82, 2.24) is 4.90 Å². The fraction of sp³-hybridized carbons (Fsp3) is 0.765. The van der Waals surface area contributed by atoms with Crippen molar-refractivity contribution >= 4 is 11.9 Å². The topological polar surface area (TPSA) is 55.8 Å². The Bertz CT molecular complexity index is 543. The van der Waals surface area contributed by atoms with Crippen molar-refractivity contribution in [3.8, 4) is 0 Å². The highest BCUT2D eigenvalue weighted by molar-refractivity contribution is 5.90. The zero-order chi connectivity index (χ0) is 15.4. The van der Waals surface area contributed by atoms with Crippen LogP contribution in [0.3, 0.4) is 0 Å². The lowest BCUT2D eigenvalue weighted by Crippen LogP contribution is -2.42. The lowest BCUT2D eigenvalue weighted by Gasteiger charge is -2.31. The molecule has 6 atom stereocenters. The number of cyclic esters (lactones) is 1. The molecule has 0 aromatic carbocycles. The van der Waals surface area contributed by atoms with Crippen molar-refractivity contribution in [3.63, 3.8) is 0 Å². The minimum atomic E-state index is -0.264. The van der Waals surface area contributed by atoms with Crippen LogP contribution < -0.4 is 0 Å². The number of carbonyl (C=O) groups is 2. The molecule has 0 spiro atoms. The van der Waals surface area contributed by atoms with Gasteiger partial charge in [0.25, 0.3) is 0 Å². The van der Waals surface area contributed by atoms with Gasteiger partial charge < -0.3 is 14.4 Å². The monoisotopic (exact) mass is 305 g/mol. The number of carbonyl (C=O) groups excluding carboxylic acids is 2. The normalized spacial score (nSPS) is 44.5. The highest BCUT2D eigenvalue weighted by Crippen LogP contribution is 2.45. The first kappa shape index (κ1) is 14.2. The van der Waals surface area contributed by atoms with E-state index >= 15 is 0 Å². The first-order valence-corrected chi connectivity index (χ1v) is 8.40. The summed E-state index contributed by atoms with van der Waals surface area (Å²) in [5, 5.41) is 0. The van der Waals surface area contributed by atoms with Crippen molar-refractivity contribution in [2.45, 2.75) is 63.9 Å². The van der Waals surface area contributed by atoms with Crippen LogP contribution in [0.4, 0.5) is 0 Å². The van der Waals surface area contributed by atoms with Crippen LogP contribution in [0.5, 0.6) is 0 Å². The van der Waals surface area contributed by atoms with Crippen LogP contribution in [-0.2, 0) is 19.1 Å². The summed E-state index contributed by atoms with van der Waals surface area (Å²) in [6.45, 7) is 4.85. The summed E-state index contributed by atoms with van der Waals surface area (Å²) in [7, 11) is 0. The van der Waals surface area contributed by atoms with Gasteiger partial charge in [0.2, 0.25) is 5.91 Å². The second-order valence-corrected chi connectivity index (χ2v) is 7.13. The van der Waals surface area contributed by atoms with E-state index in [1.165, 1.54) is 0 Å². The minimum Gasteiger partial charge on any atom is -0.452 e. The number of nitrogens with zero attached hydrogens (tertiary/aromatic N) is 1. The number of ether oxygens (including phenoxy) is 2. The van der Waals surface area contributed by atoms with E-state index in [1.54, 1.807) is 6.92 Å². The van der Waals surface area contributed by atoms with Gasteiger partial charge in [0.05, 0.1) is 6.10 Å². The number of esters is 1. The number of hydrogen-bond donors (Lipinski definition) is 0. The Labute approximate surface area is 130 Å². The van der Waals surface area contributed by atoms with Crippen molar-refractivity contribution in [2.24, 2.45) is 11.8 Å². The molecule has 4 rings (SSSR count). The number of fused-ring (bicyclic) bond motifs is 3. The molecule has 4 heterocycles. The van der Waals surface area contributed by atoms with E-state index < -0.39 is 0 Å². The van der Waals surface area contributed by atoms with Crippen LogP contribution in [0.1, 0.15) is 39.5 Å². The Morgan fingerprint density at radius 2 is 2.09 bits per heavy atom. The summed E-state index contributed by atoms with van der Waals surface area (Å²) in [5.74, 6) is 0.725. The molecule has 0 saturated carbocycles. The van der Waals surface area contributed by atoms with Crippen molar-refractivity contribution < 1.29 is 19.1 Å². The fourth-order valence-electron chi connectivity index (χ4n) is 4.85. The van der Waals surface area contributed by atoms with E-state index in [1.807, 2.05) is 6.08 Å². The molecule has 1 amide bonds. The molecule has 22 heavy (non-hydrogen) atoms. The van der Waals surface area contributed by atoms with E-state index in [4.69, 9.17) is 9.47 Å². The van der Waals surface area contributed by atoms with Gasteiger partial charge in [-0.05, 0) is 38.2 Å². The molecule has 3 fully saturated rings. The molecule has 3 saturated heterocycles. The van der Waals surface area contributed by atoms with E-state index in [9.17, 15) is 9.59 Å². The lowest BCUT2D eigenvalue weighted by atomic mass is 9.80. The van der Waals surface area contributed by atoms with Crippen LogP contribution in [0, 0.1) is 11.8 Å². The molecule has 5 nitrogen and oxygen atoms in total. The predicted octanol–water partition coefficient (Wildman–Crippen LogP) is 1.66. The Morgan fingerprint density at radius 3 is 2.82 bits per heavy atom. The molecule has 0 N–H and O–H groups in total. The molecule has 120 valence electrons. The van der Waals surface area contributed by atoms with Gasteiger partial charge in [-0.15, -0.1) is 0 Å². The van der Waals surface area contributed by atoms with Crippen molar-refractivity contribution in [3.05, 3.63) is 11.6 Å². The average molecular weight is 305 g/mol. The maximum atomic E-state index is 12.1. The molecule has 4 aliphatic rings. The lowest BCUT2D eigenvalue weighted by molar-refractivity contribution is -0.146. The minimum absolute atomic E-state index is 0.0768.